The third-order valence-electron chi connectivity index (χ3n) is 12.3. The summed E-state index contributed by atoms with van der Waals surface area (Å²) in [5.41, 5.74) is 8.90. The van der Waals surface area contributed by atoms with Crippen LogP contribution in [-0.2, 0) is 0 Å². The highest BCUT2D eigenvalue weighted by molar-refractivity contribution is 7.20. The lowest BCUT2D eigenvalue weighted by atomic mass is 9.87. The first kappa shape index (κ1) is 31.0. The molecule has 0 aliphatic rings. The van der Waals surface area contributed by atoms with Crippen molar-refractivity contribution in [2.75, 3.05) is 0 Å². The lowest BCUT2D eigenvalue weighted by Crippen LogP contribution is -1.95. The van der Waals surface area contributed by atoms with Crippen LogP contribution in [0.25, 0.3) is 132 Å². The van der Waals surface area contributed by atoms with Gasteiger partial charge in [-0.15, -0.1) is 11.3 Å². The van der Waals surface area contributed by atoms with Gasteiger partial charge in [0.05, 0.1) is 25.0 Å². The van der Waals surface area contributed by atoms with Crippen molar-refractivity contribution in [2.45, 2.75) is 0 Å². The van der Waals surface area contributed by atoms with Crippen LogP contribution in [0.3, 0.4) is 0 Å². The topological polar surface area (TPSA) is 25.8 Å². The molecule has 0 atom stereocenters. The monoisotopic (exact) mass is 824 g/mol. The Bertz CT molecular complexity index is 4070. The van der Waals surface area contributed by atoms with Gasteiger partial charge in [-0.25, -0.2) is 4.98 Å². The molecule has 0 amide bonds. The molecule has 0 fully saturated rings. The van der Waals surface area contributed by atoms with Crippen molar-refractivity contribution in [3.63, 3.8) is 0 Å². The lowest BCUT2D eigenvalue weighted by Gasteiger charge is -2.16. The van der Waals surface area contributed by atoms with E-state index in [1.807, 2.05) is 60.7 Å². The van der Waals surface area contributed by atoms with Gasteiger partial charge in [-0.05, 0) is 89.5 Å². The summed E-state index contributed by atoms with van der Waals surface area (Å²) in [7, 11) is 0. The van der Waals surface area contributed by atoms with Crippen molar-refractivity contribution < 1.29 is 8.22 Å². The van der Waals surface area contributed by atoms with Crippen molar-refractivity contribution in [2.24, 2.45) is 0 Å². The zero-order valence-corrected chi connectivity index (χ0v) is 34.6. The summed E-state index contributed by atoms with van der Waals surface area (Å²) in [4.78, 5) is 11.7. The maximum absolute atomic E-state index is 9.78. The van der Waals surface area contributed by atoms with Crippen LogP contribution in [-0.4, -0.2) is 9.97 Å². The highest BCUT2D eigenvalue weighted by Gasteiger charge is 2.25. The van der Waals surface area contributed by atoms with Crippen LogP contribution in [0.5, 0.6) is 0 Å². The number of hydrogen-bond donors (Lipinski definition) is 0. The number of fused-ring (bicyclic) bond motifs is 3. The molecule has 294 valence electrons. The number of aromatic nitrogens is 2. The Balaban J connectivity index is 1.13. The minimum Gasteiger partial charge on any atom is -0.254 e. The summed E-state index contributed by atoms with van der Waals surface area (Å²) in [5, 5.41) is 8.94. The lowest BCUT2D eigenvalue weighted by molar-refractivity contribution is 1.36. The average Bonchev–Trinajstić information content (AvgIpc) is 3.81. The van der Waals surface area contributed by atoms with E-state index in [-0.39, 0.29) is 46.4 Å². The van der Waals surface area contributed by atoms with Crippen molar-refractivity contribution in [1.29, 1.82) is 0 Å². The number of hydrogen-bond acceptors (Lipinski definition) is 3. The maximum Gasteiger partial charge on any atom is 0.0972 e. The Kier molecular flexibility index (Phi) is 7.31. The molecule has 12 aromatic rings. The van der Waals surface area contributed by atoms with E-state index in [4.69, 9.17) is 7.73 Å². The normalized spacial score (nSPS) is 13.7. The van der Waals surface area contributed by atoms with Crippen molar-refractivity contribution >= 4 is 77.6 Å². The van der Waals surface area contributed by atoms with Crippen molar-refractivity contribution in [3.8, 4) is 65.5 Å². The van der Waals surface area contributed by atoms with Gasteiger partial charge in [0.25, 0.3) is 0 Å². The summed E-state index contributed by atoms with van der Waals surface area (Å²) < 4.78 is 54.7. The van der Waals surface area contributed by atoms with Gasteiger partial charge < -0.3 is 0 Å². The fraction of sp³-hybridized carbons (Fsp3) is 0. The summed E-state index contributed by atoms with van der Waals surface area (Å²) >= 11 is 1.71. The first-order chi connectivity index (χ1) is 33.8. The fourth-order valence-corrected chi connectivity index (χ4v) is 10.8. The standard InChI is InChI=1S/C60H38N2S/c1-3-46-47(4-2)49(52-34-29-43-26-25-42-22-13-35-61-57(42)58(43)62-52)33-32-48(46)44-20-12-21-45(36-44)59-55(37-14-7-5-8-15-37)56(38-16-9-6-10-17-38)60(63-59)51-31-28-41-24-23-39-18-11-19-40-27-30-50(51)54(41)53(39)40/h3-36H,1-2H2/i1D,2D,3D,4D,32D,33D. The van der Waals surface area contributed by atoms with Gasteiger partial charge >= 0.3 is 0 Å². The van der Waals surface area contributed by atoms with Crippen LogP contribution in [0.2, 0.25) is 0 Å². The predicted octanol–water partition coefficient (Wildman–Crippen LogP) is 17.0. The number of pyridine rings is 2. The van der Waals surface area contributed by atoms with Gasteiger partial charge in [0.1, 0.15) is 0 Å². The van der Waals surface area contributed by atoms with Crippen LogP contribution >= 0.6 is 11.3 Å². The third-order valence-corrected chi connectivity index (χ3v) is 13.5. The quantitative estimate of drug-likeness (QED) is 0.143. The largest absolute Gasteiger partial charge is 0.254 e. The Hall–Kier alpha value is -7.98. The molecule has 0 aliphatic heterocycles. The van der Waals surface area contributed by atoms with E-state index in [0.29, 0.717) is 22.3 Å². The van der Waals surface area contributed by atoms with Crippen molar-refractivity contribution in [3.05, 3.63) is 218 Å². The molecule has 0 bridgehead atoms. The van der Waals surface area contributed by atoms with Crippen molar-refractivity contribution in [1.82, 2.24) is 9.97 Å². The second-order valence-electron chi connectivity index (χ2n) is 15.7. The zero-order chi connectivity index (χ0) is 46.9. The van der Waals surface area contributed by atoms with Crippen LogP contribution in [0.1, 0.15) is 19.4 Å². The highest BCUT2D eigenvalue weighted by atomic mass is 32.1. The Morgan fingerprint density at radius 3 is 1.81 bits per heavy atom. The van der Waals surface area contributed by atoms with E-state index in [0.717, 1.165) is 67.0 Å². The van der Waals surface area contributed by atoms with E-state index in [9.17, 15) is 5.48 Å². The van der Waals surface area contributed by atoms with Crippen LogP contribution in [0, 0.1) is 0 Å². The first-order valence-electron chi connectivity index (χ1n) is 24.0. The second kappa shape index (κ2) is 14.9. The fourth-order valence-electron chi connectivity index (χ4n) is 9.39. The molecular weight excluding hydrogens is 781 g/mol. The van der Waals surface area contributed by atoms with Crippen LogP contribution in [0.15, 0.2) is 207 Å². The minimum absolute atomic E-state index is 0.0868. The smallest absolute Gasteiger partial charge is 0.0972 e. The second-order valence-corrected chi connectivity index (χ2v) is 16.8. The minimum atomic E-state index is -0.273. The average molecular weight is 825 g/mol. The third kappa shape index (κ3) is 5.93. The Labute approximate surface area is 378 Å². The molecule has 2 nitrogen and oxygen atoms in total. The molecule has 3 heterocycles. The molecule has 3 aromatic heterocycles. The molecule has 63 heavy (non-hydrogen) atoms. The predicted molar refractivity (Wildman–Crippen MR) is 271 cm³/mol. The summed E-state index contributed by atoms with van der Waals surface area (Å²) in [5.74, 6) is 0. The molecule has 12 rings (SSSR count). The molecule has 0 unspecified atom stereocenters. The molecule has 0 N–H and O–H groups in total. The Morgan fingerprint density at radius 1 is 0.476 bits per heavy atom. The summed E-state index contributed by atoms with van der Waals surface area (Å²) in [6, 6.07) is 59.0. The number of benzene rings is 9. The number of nitrogens with zero attached hydrogens (tertiary/aromatic N) is 2. The number of thiophene rings is 1. The molecule has 0 radical (unpaired) electrons. The SMILES string of the molecule is [2H]C=C([2H])c1c(C([2H])=C[2H])c(-c2ccc3ccc4cccnc4c3n2)c([2H])c([2H])c1-c1cccc(-c2sc(-c3ccc4ccc5cccc6ccc3c4c56)c(-c3ccccc3)c2-c2ccccc2)c1. The molecule has 0 aliphatic carbocycles. The first-order valence-corrected chi connectivity index (χ1v) is 21.6. The Morgan fingerprint density at radius 2 is 1.05 bits per heavy atom. The van der Waals surface area contributed by atoms with E-state index in [2.05, 4.69) is 114 Å². The van der Waals surface area contributed by atoms with E-state index >= 15 is 0 Å². The molecule has 0 spiro atoms. The zero-order valence-electron chi connectivity index (χ0n) is 39.8. The van der Waals surface area contributed by atoms with E-state index < -0.39 is 0 Å². The summed E-state index contributed by atoms with van der Waals surface area (Å²) in [6.45, 7) is 1.77. The highest BCUT2D eigenvalue weighted by Crippen LogP contribution is 2.54. The van der Waals surface area contributed by atoms with Gasteiger partial charge in [0, 0.05) is 49.0 Å². The molecule has 0 saturated carbocycles. The van der Waals surface area contributed by atoms with Gasteiger partial charge in [0.2, 0.25) is 0 Å². The van der Waals surface area contributed by atoms with E-state index in [1.165, 1.54) is 32.3 Å². The number of rotatable bonds is 8. The van der Waals surface area contributed by atoms with E-state index in [1.54, 1.807) is 23.6 Å². The van der Waals surface area contributed by atoms with Gasteiger partial charge in [-0.3, -0.25) is 4.98 Å². The maximum atomic E-state index is 9.78. The molecule has 3 heteroatoms. The molecule has 0 saturated heterocycles. The summed E-state index contributed by atoms with van der Waals surface area (Å²) in [6.07, 6.45) is 1.70. The molecular formula is C60H38N2S. The van der Waals surface area contributed by atoms with Gasteiger partial charge in [0.15, 0.2) is 0 Å². The van der Waals surface area contributed by atoms with Gasteiger partial charge in [-0.1, -0.05) is 195 Å². The molecule has 9 aromatic carbocycles. The van der Waals surface area contributed by atoms with Crippen LogP contribution < -0.4 is 0 Å². The van der Waals surface area contributed by atoms with Gasteiger partial charge in [-0.2, -0.15) is 0 Å². The van der Waals surface area contributed by atoms with Crippen LogP contribution in [0.4, 0.5) is 0 Å².